The average molecular weight is 357 g/mol. The summed E-state index contributed by atoms with van der Waals surface area (Å²) in [5.41, 5.74) is 3.08. The van der Waals surface area contributed by atoms with E-state index in [1.54, 1.807) is 12.5 Å². The van der Waals surface area contributed by atoms with Gasteiger partial charge in [-0.2, -0.15) is 0 Å². The van der Waals surface area contributed by atoms with Crippen molar-refractivity contribution in [3.8, 4) is 5.75 Å². The first-order chi connectivity index (χ1) is 12.8. The van der Waals surface area contributed by atoms with E-state index < -0.39 is 0 Å². The summed E-state index contributed by atoms with van der Waals surface area (Å²) < 4.78 is 11.4. The van der Waals surface area contributed by atoms with Gasteiger partial charge >= 0.3 is 0 Å². The molecule has 0 spiro atoms. The van der Waals surface area contributed by atoms with Gasteiger partial charge in [0.15, 0.2) is 0 Å². The van der Waals surface area contributed by atoms with Crippen LogP contribution in [0.3, 0.4) is 0 Å². The summed E-state index contributed by atoms with van der Waals surface area (Å²) in [6, 6.07) is 8.04. The Hall–Kier alpha value is -2.02. The van der Waals surface area contributed by atoms with Crippen LogP contribution in [0.25, 0.3) is 0 Å². The molecule has 1 N–H and O–H groups in total. The van der Waals surface area contributed by atoms with Gasteiger partial charge in [0, 0.05) is 43.0 Å². The van der Waals surface area contributed by atoms with E-state index in [1.165, 1.54) is 5.56 Å². The minimum absolute atomic E-state index is 0.0113. The highest BCUT2D eigenvalue weighted by Gasteiger charge is 2.20. The van der Waals surface area contributed by atoms with Gasteiger partial charge in [-0.15, -0.1) is 0 Å². The summed E-state index contributed by atoms with van der Waals surface area (Å²) in [6.07, 6.45) is 4.28. The second-order valence-corrected chi connectivity index (χ2v) is 6.61. The monoisotopic (exact) mass is 357 g/mol. The predicted octanol–water partition coefficient (Wildman–Crippen LogP) is 2.06. The van der Waals surface area contributed by atoms with Gasteiger partial charge in [-0.1, -0.05) is 6.07 Å². The molecule has 0 aliphatic carbocycles. The van der Waals surface area contributed by atoms with E-state index in [0.717, 1.165) is 56.3 Å². The zero-order chi connectivity index (χ0) is 18.2. The third-order valence-corrected chi connectivity index (χ3v) is 4.56. The summed E-state index contributed by atoms with van der Waals surface area (Å²) in [5, 5.41) is 9.60. The Kier molecular flexibility index (Phi) is 6.94. The van der Waals surface area contributed by atoms with Crippen LogP contribution in [0.5, 0.6) is 5.75 Å². The summed E-state index contributed by atoms with van der Waals surface area (Å²) in [6.45, 7) is 6.74. The van der Waals surface area contributed by atoms with Gasteiger partial charge in [0.1, 0.15) is 12.1 Å². The molecule has 26 heavy (non-hydrogen) atoms. The van der Waals surface area contributed by atoms with E-state index >= 15 is 0 Å². The number of aromatic nitrogens is 2. The molecule has 1 fully saturated rings. The molecule has 6 heteroatoms. The zero-order valence-electron chi connectivity index (χ0n) is 15.3. The largest absolute Gasteiger partial charge is 0.494 e. The number of nitrogens with zero attached hydrogens (tertiary/aromatic N) is 3. The Labute approximate surface area is 154 Å². The quantitative estimate of drug-likeness (QED) is 0.818. The Morgan fingerprint density at radius 2 is 2.27 bits per heavy atom. The van der Waals surface area contributed by atoms with E-state index in [-0.39, 0.29) is 6.61 Å². The lowest BCUT2D eigenvalue weighted by atomic mass is 10.0. The smallest absolute Gasteiger partial charge is 0.124 e. The molecule has 1 aliphatic heterocycles. The third-order valence-electron chi connectivity index (χ3n) is 4.56. The highest BCUT2D eigenvalue weighted by Crippen LogP contribution is 2.22. The summed E-state index contributed by atoms with van der Waals surface area (Å²) in [7, 11) is 0. The Bertz CT molecular complexity index is 681. The topological polar surface area (TPSA) is 67.7 Å². The second-order valence-electron chi connectivity index (χ2n) is 6.61. The molecule has 2 aromatic rings. The molecule has 1 aromatic heterocycles. The third kappa shape index (κ3) is 5.24. The maximum Gasteiger partial charge on any atom is 0.124 e. The summed E-state index contributed by atoms with van der Waals surface area (Å²) in [5.74, 6) is 1.17. The van der Waals surface area contributed by atoms with Crippen LogP contribution in [0.1, 0.15) is 23.7 Å². The molecule has 3 rings (SSSR count). The minimum Gasteiger partial charge on any atom is -0.494 e. The molecule has 1 unspecified atom stereocenters. The standard InChI is InChI=1S/C20H27N3O3/c1-2-26-20-4-3-16(9-18(20)13-24)11-23-7-8-25-14-17(12-23)10-19-5-6-21-15-22-19/h3-6,9,15,17,24H,2,7-8,10-14H2,1H3. The first-order valence-corrected chi connectivity index (χ1v) is 9.19. The number of aliphatic hydroxyl groups excluding tert-OH is 1. The van der Waals surface area contributed by atoms with Crippen LogP contribution >= 0.6 is 0 Å². The number of ether oxygens (including phenoxy) is 2. The fourth-order valence-electron chi connectivity index (χ4n) is 3.36. The molecular formula is C20H27N3O3. The van der Waals surface area contributed by atoms with Crippen molar-refractivity contribution in [1.82, 2.24) is 14.9 Å². The molecule has 0 bridgehead atoms. The lowest BCUT2D eigenvalue weighted by Crippen LogP contribution is -2.30. The molecule has 0 saturated carbocycles. The fraction of sp³-hybridized carbons (Fsp3) is 0.500. The fourth-order valence-corrected chi connectivity index (χ4v) is 3.36. The van der Waals surface area contributed by atoms with E-state index in [1.807, 2.05) is 25.1 Å². The van der Waals surface area contributed by atoms with E-state index in [4.69, 9.17) is 9.47 Å². The van der Waals surface area contributed by atoms with Crippen LogP contribution in [-0.2, 0) is 24.3 Å². The normalized spacial score (nSPS) is 18.5. The zero-order valence-corrected chi connectivity index (χ0v) is 15.3. The Balaban J connectivity index is 1.64. The van der Waals surface area contributed by atoms with Crippen molar-refractivity contribution >= 4 is 0 Å². The van der Waals surface area contributed by atoms with Crippen molar-refractivity contribution in [2.45, 2.75) is 26.5 Å². The van der Waals surface area contributed by atoms with Gasteiger partial charge in [-0.3, -0.25) is 4.90 Å². The van der Waals surface area contributed by atoms with Gasteiger partial charge < -0.3 is 14.6 Å². The number of hydrogen-bond donors (Lipinski definition) is 1. The van der Waals surface area contributed by atoms with Gasteiger partial charge in [-0.25, -0.2) is 9.97 Å². The molecule has 0 radical (unpaired) electrons. The summed E-state index contributed by atoms with van der Waals surface area (Å²) in [4.78, 5) is 10.7. The highest BCUT2D eigenvalue weighted by atomic mass is 16.5. The second kappa shape index (κ2) is 9.62. The lowest BCUT2D eigenvalue weighted by molar-refractivity contribution is 0.121. The molecule has 140 valence electrons. The van der Waals surface area contributed by atoms with Gasteiger partial charge in [0.2, 0.25) is 0 Å². The molecule has 1 aromatic carbocycles. The van der Waals surface area contributed by atoms with Gasteiger partial charge in [0.25, 0.3) is 0 Å². The Morgan fingerprint density at radius 3 is 3.04 bits per heavy atom. The number of aliphatic hydroxyl groups is 1. The van der Waals surface area contributed by atoms with Crippen LogP contribution in [0.2, 0.25) is 0 Å². The minimum atomic E-state index is -0.0113. The first kappa shape index (κ1) is 18.8. The van der Waals surface area contributed by atoms with E-state index in [0.29, 0.717) is 12.5 Å². The Morgan fingerprint density at radius 1 is 1.35 bits per heavy atom. The van der Waals surface area contributed by atoms with Crippen LogP contribution in [0.4, 0.5) is 0 Å². The SMILES string of the molecule is CCOc1ccc(CN2CCOCC(Cc3ccncn3)C2)cc1CO. The van der Waals surface area contributed by atoms with Crippen molar-refractivity contribution in [1.29, 1.82) is 0 Å². The van der Waals surface area contributed by atoms with Crippen molar-refractivity contribution < 1.29 is 14.6 Å². The first-order valence-electron chi connectivity index (χ1n) is 9.19. The molecule has 1 saturated heterocycles. The molecule has 0 amide bonds. The lowest BCUT2D eigenvalue weighted by Gasteiger charge is -2.23. The van der Waals surface area contributed by atoms with Crippen LogP contribution in [-0.4, -0.2) is 52.9 Å². The highest BCUT2D eigenvalue weighted by molar-refractivity contribution is 5.37. The van der Waals surface area contributed by atoms with Crippen molar-refractivity contribution in [3.63, 3.8) is 0 Å². The van der Waals surface area contributed by atoms with E-state index in [2.05, 4.69) is 20.9 Å². The number of rotatable bonds is 7. The summed E-state index contributed by atoms with van der Waals surface area (Å²) >= 11 is 0. The molecule has 1 atom stereocenters. The van der Waals surface area contributed by atoms with Crippen molar-refractivity contribution in [2.75, 3.05) is 32.9 Å². The van der Waals surface area contributed by atoms with Crippen LogP contribution in [0.15, 0.2) is 36.8 Å². The number of benzene rings is 1. The molecule has 2 heterocycles. The van der Waals surface area contributed by atoms with Crippen molar-refractivity contribution in [3.05, 3.63) is 53.6 Å². The number of hydrogen-bond acceptors (Lipinski definition) is 6. The average Bonchev–Trinajstić information content (AvgIpc) is 2.89. The maximum absolute atomic E-state index is 9.60. The van der Waals surface area contributed by atoms with Crippen molar-refractivity contribution in [2.24, 2.45) is 5.92 Å². The van der Waals surface area contributed by atoms with Gasteiger partial charge in [-0.05, 0) is 37.1 Å². The van der Waals surface area contributed by atoms with E-state index in [9.17, 15) is 5.11 Å². The van der Waals surface area contributed by atoms with Crippen LogP contribution < -0.4 is 4.74 Å². The predicted molar refractivity (Wildman–Crippen MR) is 98.9 cm³/mol. The molecular weight excluding hydrogens is 330 g/mol. The molecule has 1 aliphatic rings. The van der Waals surface area contributed by atoms with Crippen LogP contribution in [0, 0.1) is 5.92 Å². The molecule has 6 nitrogen and oxygen atoms in total. The van der Waals surface area contributed by atoms with Gasteiger partial charge in [0.05, 0.1) is 26.4 Å². The maximum atomic E-state index is 9.60.